The summed E-state index contributed by atoms with van der Waals surface area (Å²) in [6.45, 7) is 4.97. The Morgan fingerprint density at radius 2 is 1.82 bits per heavy atom. The molecule has 0 aliphatic heterocycles. The number of halogens is 2. The lowest BCUT2D eigenvalue weighted by Crippen LogP contribution is -2.50. The van der Waals surface area contributed by atoms with Crippen LogP contribution in [0.15, 0.2) is 36.4 Å². The quantitative estimate of drug-likeness (QED) is 0.348. The molecule has 0 aliphatic carbocycles. The monoisotopic (exact) mass is 511 g/mol. The summed E-state index contributed by atoms with van der Waals surface area (Å²) in [4.78, 5) is 37.8. The van der Waals surface area contributed by atoms with Gasteiger partial charge in [-0.1, -0.05) is 36.2 Å². The first-order valence-electron chi connectivity index (χ1n) is 10.6. The summed E-state index contributed by atoms with van der Waals surface area (Å²) >= 11 is 12.6. The fourth-order valence-electron chi connectivity index (χ4n) is 3.03. The van der Waals surface area contributed by atoms with Crippen molar-refractivity contribution in [3.8, 4) is 11.5 Å². The van der Waals surface area contributed by atoms with Gasteiger partial charge < -0.3 is 19.7 Å². The molecule has 2 aromatic carbocycles. The number of benzene rings is 2. The van der Waals surface area contributed by atoms with Crippen molar-refractivity contribution < 1.29 is 24.0 Å². The van der Waals surface area contributed by atoms with Gasteiger partial charge in [-0.05, 0) is 38.5 Å². The molecule has 0 radical (unpaired) electrons. The molecule has 2 atom stereocenters. The van der Waals surface area contributed by atoms with Gasteiger partial charge in [0.25, 0.3) is 5.91 Å². The van der Waals surface area contributed by atoms with Crippen LogP contribution >= 0.6 is 23.2 Å². The number of nitrogens with one attached hydrogen (secondary N) is 1. The number of nitrogens with zero attached hydrogens (tertiary/aromatic N) is 2. The molecular weight excluding hydrogens is 485 g/mol. The largest absolute Gasteiger partial charge is 0.490 e. The maximum Gasteiger partial charge on any atom is 0.311 e. The highest BCUT2D eigenvalue weighted by Gasteiger charge is 2.28. The number of nitro benzene ring substituents is 1. The molecule has 0 saturated heterocycles. The van der Waals surface area contributed by atoms with E-state index in [-0.39, 0.29) is 35.7 Å². The molecule has 0 aromatic heterocycles. The minimum atomic E-state index is -0.844. The number of amides is 2. The zero-order chi connectivity index (χ0) is 25.4. The van der Waals surface area contributed by atoms with Crippen LogP contribution in [0.25, 0.3) is 0 Å². The van der Waals surface area contributed by atoms with Crippen LogP contribution in [-0.4, -0.2) is 47.4 Å². The van der Waals surface area contributed by atoms with Crippen LogP contribution in [0, 0.1) is 10.1 Å². The second-order valence-electron chi connectivity index (χ2n) is 7.60. The molecule has 11 heteroatoms. The van der Waals surface area contributed by atoms with E-state index in [0.717, 1.165) is 6.42 Å². The first kappa shape index (κ1) is 27.2. The Kier molecular flexibility index (Phi) is 9.95. The average molecular weight is 512 g/mol. The summed E-state index contributed by atoms with van der Waals surface area (Å²) < 4.78 is 10.6. The van der Waals surface area contributed by atoms with Crippen LogP contribution in [0.1, 0.15) is 32.8 Å². The van der Waals surface area contributed by atoms with Gasteiger partial charge in [-0.3, -0.25) is 19.7 Å². The van der Waals surface area contributed by atoms with Gasteiger partial charge in [0.05, 0.1) is 12.0 Å². The summed E-state index contributed by atoms with van der Waals surface area (Å²) in [6, 6.07) is 7.97. The SMILES string of the molecule is CC[C@@H](C)NC(=O)[C@@H](C)N(Cc1c(Cl)cccc1Cl)C(=O)COc1ccc([N+](=O)[O-])c(OC)c1. The third-order valence-electron chi connectivity index (χ3n) is 5.27. The molecule has 1 N–H and O–H groups in total. The average Bonchev–Trinajstić information content (AvgIpc) is 2.81. The van der Waals surface area contributed by atoms with Crippen LogP contribution in [0.3, 0.4) is 0 Å². The lowest BCUT2D eigenvalue weighted by atomic mass is 10.1. The summed E-state index contributed by atoms with van der Waals surface area (Å²) in [5.41, 5.74) is 0.269. The molecule has 0 unspecified atom stereocenters. The van der Waals surface area contributed by atoms with E-state index in [9.17, 15) is 19.7 Å². The summed E-state index contributed by atoms with van der Waals surface area (Å²) in [5, 5.41) is 14.7. The van der Waals surface area contributed by atoms with Gasteiger partial charge in [-0.15, -0.1) is 0 Å². The third kappa shape index (κ3) is 6.98. The molecule has 0 spiro atoms. The number of hydrogen-bond donors (Lipinski definition) is 1. The number of ether oxygens (including phenoxy) is 2. The summed E-state index contributed by atoms with van der Waals surface area (Å²) in [5.74, 6) is -0.637. The number of hydrogen-bond acceptors (Lipinski definition) is 6. The number of rotatable bonds is 11. The fourth-order valence-corrected chi connectivity index (χ4v) is 3.55. The Morgan fingerprint density at radius 3 is 2.38 bits per heavy atom. The highest BCUT2D eigenvalue weighted by Crippen LogP contribution is 2.31. The maximum atomic E-state index is 13.2. The van der Waals surface area contributed by atoms with Crippen molar-refractivity contribution >= 4 is 40.7 Å². The molecule has 34 heavy (non-hydrogen) atoms. The molecule has 0 aliphatic rings. The molecule has 0 heterocycles. The Labute approximate surface area is 208 Å². The van der Waals surface area contributed by atoms with E-state index in [1.807, 2.05) is 13.8 Å². The second-order valence-corrected chi connectivity index (χ2v) is 8.41. The molecule has 2 amide bonds. The van der Waals surface area contributed by atoms with E-state index in [4.69, 9.17) is 32.7 Å². The minimum Gasteiger partial charge on any atom is -0.490 e. The Bertz CT molecular complexity index is 1030. The summed E-state index contributed by atoms with van der Waals surface area (Å²) in [7, 11) is 1.30. The van der Waals surface area contributed by atoms with Gasteiger partial charge in [-0.2, -0.15) is 0 Å². The third-order valence-corrected chi connectivity index (χ3v) is 5.98. The van der Waals surface area contributed by atoms with Gasteiger partial charge >= 0.3 is 5.69 Å². The van der Waals surface area contributed by atoms with Crippen molar-refractivity contribution in [1.29, 1.82) is 0 Å². The molecule has 2 aromatic rings. The van der Waals surface area contributed by atoms with Gasteiger partial charge in [0.2, 0.25) is 11.7 Å². The highest BCUT2D eigenvalue weighted by atomic mass is 35.5. The number of nitro groups is 1. The zero-order valence-corrected chi connectivity index (χ0v) is 20.9. The lowest BCUT2D eigenvalue weighted by molar-refractivity contribution is -0.385. The lowest BCUT2D eigenvalue weighted by Gasteiger charge is -2.30. The van der Waals surface area contributed by atoms with Crippen molar-refractivity contribution in [3.63, 3.8) is 0 Å². The van der Waals surface area contributed by atoms with Crippen LogP contribution in [0.4, 0.5) is 5.69 Å². The molecule has 9 nitrogen and oxygen atoms in total. The van der Waals surface area contributed by atoms with E-state index in [1.165, 1.54) is 30.2 Å². The molecular formula is C23H27Cl2N3O6. The predicted molar refractivity (Wildman–Crippen MR) is 130 cm³/mol. The number of methoxy groups -OCH3 is 1. The Morgan fingerprint density at radius 1 is 1.18 bits per heavy atom. The molecule has 0 fully saturated rings. The Hall–Kier alpha value is -3.04. The molecule has 2 rings (SSSR count). The minimum absolute atomic E-state index is 0.00375. The van der Waals surface area contributed by atoms with Crippen molar-refractivity contribution in [2.24, 2.45) is 0 Å². The van der Waals surface area contributed by atoms with Crippen molar-refractivity contribution in [2.75, 3.05) is 13.7 Å². The zero-order valence-electron chi connectivity index (χ0n) is 19.3. The standard InChI is InChI=1S/C23H27Cl2N3O6/c1-5-14(2)26-23(30)15(3)27(12-17-18(24)7-6-8-19(17)25)22(29)13-34-16-9-10-20(28(31)32)21(11-16)33-4/h6-11,14-15H,5,12-13H2,1-4H3,(H,26,30)/t14-,15-/m1/s1. The smallest absolute Gasteiger partial charge is 0.311 e. The highest BCUT2D eigenvalue weighted by molar-refractivity contribution is 6.36. The van der Waals surface area contributed by atoms with E-state index in [0.29, 0.717) is 15.6 Å². The van der Waals surface area contributed by atoms with Gasteiger partial charge in [0, 0.05) is 40.3 Å². The molecule has 184 valence electrons. The van der Waals surface area contributed by atoms with Crippen molar-refractivity contribution in [1.82, 2.24) is 10.2 Å². The van der Waals surface area contributed by atoms with Crippen LogP contribution < -0.4 is 14.8 Å². The first-order chi connectivity index (χ1) is 16.1. The van der Waals surface area contributed by atoms with Crippen molar-refractivity contribution in [2.45, 2.75) is 45.8 Å². The van der Waals surface area contributed by atoms with E-state index >= 15 is 0 Å². The maximum absolute atomic E-state index is 13.2. The Balaban J connectivity index is 2.26. The van der Waals surface area contributed by atoms with E-state index in [2.05, 4.69) is 5.32 Å². The van der Waals surface area contributed by atoms with Gasteiger partial charge in [0.15, 0.2) is 6.61 Å². The van der Waals surface area contributed by atoms with E-state index in [1.54, 1.807) is 25.1 Å². The molecule has 0 saturated carbocycles. The second kappa shape index (κ2) is 12.4. The molecule has 0 bridgehead atoms. The van der Waals surface area contributed by atoms with Gasteiger partial charge in [-0.25, -0.2) is 0 Å². The van der Waals surface area contributed by atoms with Crippen molar-refractivity contribution in [3.05, 3.63) is 62.1 Å². The van der Waals surface area contributed by atoms with Crippen LogP contribution in [-0.2, 0) is 16.1 Å². The fraction of sp³-hybridized carbons (Fsp3) is 0.391. The van der Waals surface area contributed by atoms with Crippen LogP contribution in [0.2, 0.25) is 10.0 Å². The summed E-state index contributed by atoms with van der Waals surface area (Å²) in [6.07, 6.45) is 0.730. The van der Waals surface area contributed by atoms with E-state index < -0.39 is 23.5 Å². The first-order valence-corrected chi connectivity index (χ1v) is 11.3. The van der Waals surface area contributed by atoms with Crippen LogP contribution in [0.5, 0.6) is 11.5 Å². The van der Waals surface area contributed by atoms with Gasteiger partial charge in [0.1, 0.15) is 11.8 Å². The predicted octanol–water partition coefficient (Wildman–Crippen LogP) is 4.62. The topological polar surface area (TPSA) is 111 Å². The normalized spacial score (nSPS) is 12.4. The number of carbonyl (C=O) groups is 2. The number of carbonyl (C=O) groups excluding carboxylic acids is 2.